The maximum Gasteiger partial charge on any atom is 0.243 e. The van der Waals surface area contributed by atoms with Crippen molar-refractivity contribution in [1.82, 2.24) is 9.21 Å². The molecule has 2 aliphatic heterocycles. The summed E-state index contributed by atoms with van der Waals surface area (Å²) in [5.74, 6) is -0.127. The van der Waals surface area contributed by atoms with Gasteiger partial charge in [-0.1, -0.05) is 6.07 Å². The zero-order valence-electron chi connectivity index (χ0n) is 17.0. The molecule has 0 saturated carbocycles. The molecule has 1 amide bonds. The van der Waals surface area contributed by atoms with Crippen molar-refractivity contribution in [3.05, 3.63) is 46.7 Å². The van der Waals surface area contributed by atoms with Crippen LogP contribution in [0.25, 0.3) is 0 Å². The molecule has 2 fully saturated rings. The molecule has 2 saturated heterocycles. The normalized spacial score (nSPS) is 22.1. The molecular weight excluding hydrogens is 422 g/mol. The Balaban J connectivity index is 1.46. The summed E-state index contributed by atoms with van der Waals surface area (Å²) in [6.07, 6.45) is 2.10. The first kappa shape index (κ1) is 21.5. The molecule has 7 nitrogen and oxygen atoms in total. The largest absolute Gasteiger partial charge is 0.379 e. The summed E-state index contributed by atoms with van der Waals surface area (Å²) >= 11 is 1.67. The minimum Gasteiger partial charge on any atom is -0.379 e. The molecule has 0 spiro atoms. The van der Waals surface area contributed by atoms with Gasteiger partial charge in [-0.3, -0.25) is 9.69 Å². The predicted octanol–water partition coefficient (Wildman–Crippen LogP) is 2.93. The van der Waals surface area contributed by atoms with Crippen LogP contribution in [-0.4, -0.2) is 62.4 Å². The summed E-state index contributed by atoms with van der Waals surface area (Å²) in [6, 6.07) is 8.56. The van der Waals surface area contributed by atoms with E-state index < -0.39 is 10.0 Å². The summed E-state index contributed by atoms with van der Waals surface area (Å²) < 4.78 is 32.5. The third-order valence-corrected chi connectivity index (χ3v) is 8.40. The van der Waals surface area contributed by atoms with Crippen molar-refractivity contribution in [2.45, 2.75) is 36.7 Å². The molecule has 162 valence electrons. The third kappa shape index (κ3) is 4.45. The highest BCUT2D eigenvalue weighted by Crippen LogP contribution is 2.34. The number of amides is 1. The fraction of sp³-hybridized carbons (Fsp3) is 0.476. The van der Waals surface area contributed by atoms with Crippen molar-refractivity contribution < 1.29 is 17.9 Å². The Bertz CT molecular complexity index is 972. The standard InChI is InChI=1S/C21H27N3O4S2/c1-16(24-8-3-6-20(24)17-7-13-29-15-17)21(25)22-18-4-2-5-19(14-18)30(26,27)23-9-11-28-12-10-23/h2,4-5,7,13-16,20H,3,6,8-12H2,1H3,(H,22,25)/t16-,20+/m0/s1. The van der Waals surface area contributed by atoms with Crippen molar-refractivity contribution in [2.75, 3.05) is 38.2 Å². The van der Waals surface area contributed by atoms with Gasteiger partial charge < -0.3 is 10.1 Å². The highest BCUT2D eigenvalue weighted by molar-refractivity contribution is 7.89. The zero-order chi connectivity index (χ0) is 21.1. The van der Waals surface area contributed by atoms with Gasteiger partial charge in [-0.2, -0.15) is 15.6 Å². The van der Waals surface area contributed by atoms with Crippen LogP contribution >= 0.6 is 11.3 Å². The van der Waals surface area contributed by atoms with Gasteiger partial charge in [-0.15, -0.1) is 0 Å². The Kier molecular flexibility index (Phi) is 6.54. The molecule has 2 aromatic rings. The van der Waals surface area contributed by atoms with Gasteiger partial charge in [-0.05, 0) is 66.9 Å². The van der Waals surface area contributed by atoms with Gasteiger partial charge in [0.25, 0.3) is 0 Å². The van der Waals surface area contributed by atoms with Crippen molar-refractivity contribution >= 4 is 33.0 Å². The average Bonchev–Trinajstić information content (AvgIpc) is 3.45. The van der Waals surface area contributed by atoms with Crippen LogP contribution in [0.4, 0.5) is 5.69 Å². The number of rotatable bonds is 6. The van der Waals surface area contributed by atoms with Gasteiger partial charge in [0.15, 0.2) is 0 Å². The van der Waals surface area contributed by atoms with Crippen molar-refractivity contribution in [1.29, 1.82) is 0 Å². The van der Waals surface area contributed by atoms with Crippen LogP contribution in [0.15, 0.2) is 46.0 Å². The molecule has 1 aromatic carbocycles. The predicted molar refractivity (Wildman–Crippen MR) is 117 cm³/mol. The molecule has 9 heteroatoms. The number of ether oxygens (including phenoxy) is 1. The van der Waals surface area contributed by atoms with Gasteiger partial charge >= 0.3 is 0 Å². The maximum absolute atomic E-state index is 13.0. The molecule has 2 atom stereocenters. The van der Waals surface area contributed by atoms with E-state index in [0.717, 1.165) is 19.4 Å². The first-order valence-corrected chi connectivity index (χ1v) is 12.6. The van der Waals surface area contributed by atoms with Crippen molar-refractivity contribution in [3.63, 3.8) is 0 Å². The second-order valence-electron chi connectivity index (χ2n) is 7.66. The fourth-order valence-electron chi connectivity index (χ4n) is 4.14. The molecule has 3 heterocycles. The third-order valence-electron chi connectivity index (χ3n) is 5.81. The van der Waals surface area contributed by atoms with Crippen LogP contribution < -0.4 is 5.32 Å². The highest BCUT2D eigenvalue weighted by Gasteiger charge is 2.33. The lowest BCUT2D eigenvalue weighted by molar-refractivity contribution is -0.121. The van der Waals surface area contributed by atoms with E-state index in [1.54, 1.807) is 29.5 Å². The van der Waals surface area contributed by atoms with Gasteiger partial charge in [0.05, 0.1) is 24.2 Å². The summed E-state index contributed by atoms with van der Waals surface area (Å²) in [7, 11) is -3.60. The highest BCUT2D eigenvalue weighted by atomic mass is 32.2. The zero-order valence-corrected chi connectivity index (χ0v) is 18.6. The number of nitrogens with one attached hydrogen (secondary N) is 1. The van der Waals surface area contributed by atoms with E-state index in [-0.39, 0.29) is 22.9 Å². The number of carbonyl (C=O) groups excluding carboxylic acids is 1. The van der Waals surface area contributed by atoms with E-state index in [1.165, 1.54) is 15.9 Å². The lowest BCUT2D eigenvalue weighted by Gasteiger charge is -2.29. The Hall–Kier alpha value is -1.78. The lowest BCUT2D eigenvalue weighted by atomic mass is 10.1. The molecule has 0 bridgehead atoms. The van der Waals surface area contributed by atoms with Gasteiger partial charge in [0.2, 0.25) is 15.9 Å². The number of hydrogen-bond acceptors (Lipinski definition) is 6. The molecular formula is C21H27N3O4S2. The number of benzene rings is 1. The van der Waals surface area contributed by atoms with Crippen LogP contribution in [0.2, 0.25) is 0 Å². The Morgan fingerprint density at radius 1 is 1.23 bits per heavy atom. The van der Waals surface area contributed by atoms with E-state index in [2.05, 4.69) is 27.0 Å². The number of likely N-dealkylation sites (tertiary alicyclic amines) is 1. The first-order chi connectivity index (χ1) is 14.5. The molecule has 0 unspecified atom stereocenters. The van der Waals surface area contributed by atoms with Crippen molar-refractivity contribution in [2.24, 2.45) is 0 Å². The molecule has 1 N–H and O–H groups in total. The number of thiophene rings is 1. The molecule has 30 heavy (non-hydrogen) atoms. The second-order valence-corrected chi connectivity index (χ2v) is 10.4. The molecule has 2 aliphatic rings. The van der Waals surface area contributed by atoms with Gasteiger partial charge in [0.1, 0.15) is 0 Å². The van der Waals surface area contributed by atoms with Crippen LogP contribution in [0.5, 0.6) is 0 Å². The molecule has 1 aromatic heterocycles. The van der Waals surface area contributed by atoms with Gasteiger partial charge in [-0.25, -0.2) is 8.42 Å². The summed E-state index contributed by atoms with van der Waals surface area (Å²) in [5, 5.41) is 7.13. The average molecular weight is 450 g/mol. The molecule has 0 radical (unpaired) electrons. The maximum atomic E-state index is 13.0. The SMILES string of the molecule is C[C@@H](C(=O)Nc1cccc(S(=O)(=O)N2CCOCC2)c1)N1CCC[C@@H]1c1ccsc1. The lowest BCUT2D eigenvalue weighted by Crippen LogP contribution is -2.41. The number of sulfonamides is 1. The van der Waals surface area contributed by atoms with Gasteiger partial charge in [0, 0.05) is 24.8 Å². The smallest absolute Gasteiger partial charge is 0.243 e. The summed E-state index contributed by atoms with van der Waals surface area (Å²) in [5.41, 5.74) is 1.75. The monoisotopic (exact) mass is 449 g/mol. The van der Waals surface area contributed by atoms with E-state index in [4.69, 9.17) is 4.74 Å². The van der Waals surface area contributed by atoms with Crippen LogP contribution in [0.3, 0.4) is 0 Å². The topological polar surface area (TPSA) is 79.0 Å². The number of carbonyl (C=O) groups is 1. The van der Waals surface area contributed by atoms with Crippen molar-refractivity contribution in [3.8, 4) is 0 Å². The summed E-state index contributed by atoms with van der Waals surface area (Å²) in [6.45, 7) is 4.27. The number of hydrogen-bond donors (Lipinski definition) is 1. The van der Waals surface area contributed by atoms with Crippen LogP contribution in [0.1, 0.15) is 31.4 Å². The van der Waals surface area contributed by atoms with Crippen LogP contribution in [-0.2, 0) is 19.6 Å². The van der Waals surface area contributed by atoms with E-state index >= 15 is 0 Å². The Morgan fingerprint density at radius 3 is 2.77 bits per heavy atom. The minimum atomic E-state index is -3.60. The van der Waals surface area contributed by atoms with E-state index in [0.29, 0.717) is 32.0 Å². The Morgan fingerprint density at radius 2 is 2.03 bits per heavy atom. The number of morpholine rings is 1. The molecule has 4 rings (SSSR count). The second kappa shape index (κ2) is 9.15. The number of nitrogens with zero attached hydrogens (tertiary/aromatic N) is 2. The Labute approximate surface area is 181 Å². The fourth-order valence-corrected chi connectivity index (χ4v) is 6.30. The van der Waals surface area contributed by atoms with E-state index in [1.807, 2.05) is 6.92 Å². The number of anilines is 1. The molecule has 0 aliphatic carbocycles. The quantitative estimate of drug-likeness (QED) is 0.734. The van der Waals surface area contributed by atoms with E-state index in [9.17, 15) is 13.2 Å². The summed E-state index contributed by atoms with van der Waals surface area (Å²) in [4.78, 5) is 15.4. The van der Waals surface area contributed by atoms with Crippen LogP contribution in [0, 0.1) is 0 Å². The first-order valence-electron chi connectivity index (χ1n) is 10.2. The minimum absolute atomic E-state index is 0.127.